The first-order valence-corrected chi connectivity index (χ1v) is 12.0. The number of nitrogens with zero attached hydrogens (tertiary/aromatic N) is 1. The molecule has 1 saturated heterocycles. The molecule has 2 heterocycles. The number of halogens is 1. The van der Waals surface area contributed by atoms with E-state index >= 15 is 0 Å². The van der Waals surface area contributed by atoms with Crippen molar-refractivity contribution >= 4 is 29.2 Å². The molecule has 2 aromatic rings. The second-order valence-corrected chi connectivity index (χ2v) is 9.72. The van der Waals surface area contributed by atoms with Crippen LogP contribution in [-0.4, -0.2) is 47.7 Å². The summed E-state index contributed by atoms with van der Waals surface area (Å²) in [6.07, 6.45) is 2.21. The largest absolute Gasteiger partial charge is 0.479 e. The minimum Gasteiger partial charge on any atom is -0.479 e. The summed E-state index contributed by atoms with van der Waals surface area (Å²) < 4.78 is 5.77. The predicted molar refractivity (Wildman–Crippen MR) is 124 cm³/mol. The van der Waals surface area contributed by atoms with Gasteiger partial charge in [-0.05, 0) is 49.4 Å². The molecule has 2 amide bonds. The lowest BCUT2D eigenvalue weighted by atomic mass is 9.83. The second kappa shape index (κ2) is 9.18. The Hall–Kier alpha value is -2.86. The van der Waals surface area contributed by atoms with Crippen molar-refractivity contribution in [2.24, 2.45) is 5.92 Å². The van der Waals surface area contributed by atoms with Crippen LogP contribution in [0.25, 0.3) is 0 Å². The van der Waals surface area contributed by atoms with Gasteiger partial charge in [0.05, 0.1) is 12.0 Å². The monoisotopic (exact) mass is 466 g/mol. The van der Waals surface area contributed by atoms with E-state index in [0.717, 1.165) is 38.8 Å². The van der Waals surface area contributed by atoms with Crippen molar-refractivity contribution in [3.63, 3.8) is 0 Å². The topological polar surface area (TPSA) is 75.7 Å². The molecule has 2 aliphatic heterocycles. The number of ketones is 1. The van der Waals surface area contributed by atoms with E-state index in [1.54, 1.807) is 18.2 Å². The number of rotatable bonds is 4. The van der Waals surface area contributed by atoms with Gasteiger partial charge in [-0.1, -0.05) is 41.9 Å². The average Bonchev–Trinajstić information content (AvgIpc) is 2.79. The molecule has 7 heteroatoms. The Bertz CT molecular complexity index is 1060. The molecule has 1 saturated carbocycles. The maximum atomic E-state index is 12.9. The molecule has 0 bridgehead atoms. The van der Waals surface area contributed by atoms with E-state index in [9.17, 15) is 14.4 Å². The van der Waals surface area contributed by atoms with E-state index in [0.29, 0.717) is 22.3 Å². The van der Waals surface area contributed by atoms with Crippen molar-refractivity contribution in [3.05, 3.63) is 64.7 Å². The summed E-state index contributed by atoms with van der Waals surface area (Å²) in [6, 6.07) is 15.2. The molecule has 0 radical (unpaired) electrons. The molecule has 172 valence electrons. The molecule has 0 unspecified atom stereocenters. The minimum absolute atomic E-state index is 0.000301. The summed E-state index contributed by atoms with van der Waals surface area (Å²) in [6.45, 7) is 1.58. The van der Waals surface area contributed by atoms with Gasteiger partial charge in [0.2, 0.25) is 5.91 Å². The molecule has 1 N–H and O–H groups in total. The van der Waals surface area contributed by atoms with E-state index in [-0.39, 0.29) is 36.0 Å². The van der Waals surface area contributed by atoms with E-state index in [4.69, 9.17) is 16.3 Å². The molecule has 2 aromatic carbocycles. The number of amides is 2. The summed E-state index contributed by atoms with van der Waals surface area (Å²) in [7, 11) is 0. The molecular formula is C26H27ClN2O4. The molecule has 1 atom stereocenters. The highest BCUT2D eigenvalue weighted by Crippen LogP contribution is 2.33. The van der Waals surface area contributed by atoms with Crippen LogP contribution < -0.4 is 10.1 Å². The zero-order valence-corrected chi connectivity index (χ0v) is 19.1. The van der Waals surface area contributed by atoms with Crippen LogP contribution >= 0.6 is 11.6 Å². The number of hydrogen-bond donors (Lipinski definition) is 1. The fourth-order valence-electron chi connectivity index (χ4n) is 5.07. The molecule has 2 fully saturated rings. The third kappa shape index (κ3) is 4.62. The number of carbonyl (C=O) groups is 3. The average molecular weight is 467 g/mol. The van der Waals surface area contributed by atoms with Crippen molar-refractivity contribution in [2.45, 2.75) is 50.2 Å². The lowest BCUT2D eigenvalue weighted by molar-refractivity contribution is -0.141. The van der Waals surface area contributed by atoms with Crippen LogP contribution in [-0.2, 0) is 9.59 Å². The first kappa shape index (κ1) is 22.0. The van der Waals surface area contributed by atoms with Crippen molar-refractivity contribution in [2.75, 3.05) is 13.1 Å². The van der Waals surface area contributed by atoms with Crippen LogP contribution in [0.4, 0.5) is 0 Å². The summed E-state index contributed by atoms with van der Waals surface area (Å²) in [5, 5.41) is 3.50. The molecule has 3 aliphatic rings. The fraction of sp³-hybridized carbons (Fsp3) is 0.423. The van der Waals surface area contributed by atoms with Crippen LogP contribution in [0.1, 0.15) is 53.9 Å². The quantitative estimate of drug-likeness (QED) is 0.739. The highest BCUT2D eigenvalue weighted by atomic mass is 35.5. The highest BCUT2D eigenvalue weighted by molar-refractivity contribution is 6.31. The second-order valence-electron chi connectivity index (χ2n) is 9.28. The number of benzene rings is 2. The lowest BCUT2D eigenvalue weighted by Crippen LogP contribution is -2.52. The number of nitrogens with one attached hydrogen (secondary N) is 1. The Labute approximate surface area is 198 Å². The van der Waals surface area contributed by atoms with E-state index in [1.165, 1.54) is 5.56 Å². The van der Waals surface area contributed by atoms with Gasteiger partial charge in [-0.3, -0.25) is 14.4 Å². The molecule has 5 rings (SSSR count). The Morgan fingerprint density at radius 2 is 1.73 bits per heavy atom. The lowest BCUT2D eigenvalue weighted by Gasteiger charge is -2.42. The number of Topliss-reactive ketones (excluding diaryl/α,β-unsaturated/α-hetero) is 1. The number of hydrogen-bond acceptors (Lipinski definition) is 4. The van der Waals surface area contributed by atoms with Crippen LogP contribution in [0.3, 0.4) is 0 Å². The molecule has 0 aromatic heterocycles. The van der Waals surface area contributed by atoms with Crippen molar-refractivity contribution in [1.29, 1.82) is 0 Å². The maximum absolute atomic E-state index is 12.9. The third-order valence-electron chi connectivity index (χ3n) is 7.06. The van der Waals surface area contributed by atoms with Gasteiger partial charge >= 0.3 is 0 Å². The highest BCUT2D eigenvalue weighted by Gasteiger charge is 2.38. The fourth-order valence-corrected chi connectivity index (χ4v) is 5.25. The number of ether oxygens (including phenoxy) is 1. The maximum Gasteiger partial charge on any atom is 0.261 e. The van der Waals surface area contributed by atoms with Gasteiger partial charge in [-0.2, -0.15) is 0 Å². The van der Waals surface area contributed by atoms with Crippen LogP contribution in [0.2, 0.25) is 5.02 Å². The summed E-state index contributed by atoms with van der Waals surface area (Å²) in [5.74, 6) is 0.685. The number of likely N-dealkylation sites (tertiary alicyclic amines) is 1. The Balaban J connectivity index is 1.09. The van der Waals surface area contributed by atoms with Crippen LogP contribution in [0.5, 0.6) is 5.75 Å². The van der Waals surface area contributed by atoms with Gasteiger partial charge in [0.1, 0.15) is 5.75 Å². The van der Waals surface area contributed by atoms with Gasteiger partial charge in [0.25, 0.3) is 5.91 Å². The summed E-state index contributed by atoms with van der Waals surface area (Å²) >= 11 is 5.96. The SMILES string of the molecule is O=C1C[C@H](C(=O)N[C@H]2CC[C@H](C(=O)N3CC(c4ccccc4)C3)CC2)Oc2ccc(Cl)cc21. The first-order valence-electron chi connectivity index (χ1n) is 11.6. The predicted octanol–water partition coefficient (Wildman–Crippen LogP) is 3.97. The smallest absolute Gasteiger partial charge is 0.261 e. The van der Waals surface area contributed by atoms with Crippen molar-refractivity contribution in [1.82, 2.24) is 10.2 Å². The summed E-state index contributed by atoms with van der Waals surface area (Å²) in [5.41, 5.74) is 1.72. The van der Waals surface area contributed by atoms with Crippen LogP contribution in [0.15, 0.2) is 48.5 Å². The molecule has 0 spiro atoms. The van der Waals surface area contributed by atoms with Crippen LogP contribution in [0, 0.1) is 5.92 Å². The van der Waals surface area contributed by atoms with Gasteiger partial charge < -0.3 is 15.0 Å². The van der Waals surface area contributed by atoms with E-state index in [1.807, 2.05) is 23.1 Å². The zero-order valence-electron chi connectivity index (χ0n) is 18.3. The van der Waals surface area contributed by atoms with Crippen molar-refractivity contribution < 1.29 is 19.1 Å². The van der Waals surface area contributed by atoms with Crippen molar-refractivity contribution in [3.8, 4) is 5.75 Å². The summed E-state index contributed by atoms with van der Waals surface area (Å²) in [4.78, 5) is 40.0. The minimum atomic E-state index is -0.832. The number of carbonyl (C=O) groups excluding carboxylic acids is 3. The van der Waals surface area contributed by atoms with Gasteiger partial charge in [-0.15, -0.1) is 0 Å². The van der Waals surface area contributed by atoms with Gasteiger partial charge in [-0.25, -0.2) is 0 Å². The Morgan fingerprint density at radius 3 is 2.45 bits per heavy atom. The number of fused-ring (bicyclic) bond motifs is 1. The standard InChI is InChI=1S/C26H27ClN2O4/c27-19-8-11-23-21(12-19)22(30)13-24(33-23)25(31)28-20-9-6-17(7-10-20)26(32)29-14-18(15-29)16-4-2-1-3-5-16/h1-5,8,11-12,17-18,20,24H,6-7,9-10,13-15H2,(H,28,31)/t17-,20-,24-/m1/s1. The third-order valence-corrected chi connectivity index (χ3v) is 7.30. The Kier molecular flexibility index (Phi) is 6.11. The van der Waals surface area contributed by atoms with Gasteiger partial charge in [0, 0.05) is 36.0 Å². The first-order chi connectivity index (χ1) is 16.0. The Morgan fingerprint density at radius 1 is 1.00 bits per heavy atom. The normalized spacial score (nSPS) is 24.9. The molecule has 6 nitrogen and oxygen atoms in total. The van der Waals surface area contributed by atoms with E-state index < -0.39 is 6.10 Å². The van der Waals surface area contributed by atoms with Gasteiger partial charge in [0.15, 0.2) is 11.9 Å². The molecular weight excluding hydrogens is 440 g/mol. The molecule has 1 aliphatic carbocycles. The molecule has 33 heavy (non-hydrogen) atoms. The van der Waals surface area contributed by atoms with E-state index in [2.05, 4.69) is 17.4 Å². The zero-order chi connectivity index (χ0) is 22.9.